The number of hydrogen-bond acceptors (Lipinski definition) is 1. The minimum absolute atomic E-state index is 0.0670. The molecule has 0 unspecified atom stereocenters. The fourth-order valence-corrected chi connectivity index (χ4v) is 2.92. The molecule has 2 aromatic carbocycles. The number of ether oxygens (including phenoxy) is 1. The first-order chi connectivity index (χ1) is 8.61. The molecule has 18 heavy (non-hydrogen) atoms. The van der Waals surface area contributed by atoms with Crippen molar-refractivity contribution in [2.24, 2.45) is 0 Å². The summed E-state index contributed by atoms with van der Waals surface area (Å²) in [7, 11) is 0. The third-order valence-electron chi connectivity index (χ3n) is 3.37. The zero-order chi connectivity index (χ0) is 12.8. The summed E-state index contributed by atoms with van der Waals surface area (Å²) in [6.45, 7) is 2.06. The summed E-state index contributed by atoms with van der Waals surface area (Å²) in [6.07, 6.45) is 0.0670. The van der Waals surface area contributed by atoms with Crippen molar-refractivity contribution in [1.29, 1.82) is 0 Å². The van der Waals surface area contributed by atoms with Crippen LogP contribution < -0.4 is 0 Å². The van der Waals surface area contributed by atoms with Gasteiger partial charge in [-0.25, -0.2) is 0 Å². The van der Waals surface area contributed by atoms with Crippen molar-refractivity contribution >= 4 is 23.2 Å². The molecule has 92 valence electrons. The first-order valence-corrected chi connectivity index (χ1v) is 6.55. The van der Waals surface area contributed by atoms with Gasteiger partial charge in [0.1, 0.15) is 11.7 Å². The van der Waals surface area contributed by atoms with Crippen molar-refractivity contribution in [3.8, 4) is 0 Å². The summed E-state index contributed by atoms with van der Waals surface area (Å²) >= 11 is 12.2. The Kier molecular flexibility index (Phi) is 2.86. The monoisotopic (exact) mass is 278 g/mol. The van der Waals surface area contributed by atoms with Crippen LogP contribution in [0.2, 0.25) is 10.0 Å². The van der Waals surface area contributed by atoms with Crippen molar-refractivity contribution in [2.45, 2.75) is 18.6 Å². The number of benzene rings is 2. The molecular formula is C15H12Cl2O. The Morgan fingerprint density at radius 1 is 1.06 bits per heavy atom. The van der Waals surface area contributed by atoms with E-state index in [4.69, 9.17) is 27.9 Å². The van der Waals surface area contributed by atoms with E-state index in [1.165, 1.54) is 5.56 Å². The van der Waals surface area contributed by atoms with Gasteiger partial charge in [0.05, 0.1) is 0 Å². The molecule has 0 radical (unpaired) electrons. The number of hydrogen-bond donors (Lipinski definition) is 0. The number of rotatable bonds is 2. The van der Waals surface area contributed by atoms with E-state index in [2.05, 4.69) is 19.1 Å². The predicted octanol–water partition coefficient (Wildman–Crippen LogP) is 4.98. The van der Waals surface area contributed by atoms with Gasteiger partial charge in [0.25, 0.3) is 0 Å². The highest BCUT2D eigenvalue weighted by atomic mass is 35.5. The maximum Gasteiger partial charge on any atom is 0.123 e. The number of epoxide rings is 1. The first-order valence-electron chi connectivity index (χ1n) is 5.79. The average Bonchev–Trinajstić information content (AvgIpc) is 3.03. The highest BCUT2D eigenvalue weighted by Crippen LogP contribution is 2.58. The molecule has 0 bridgehead atoms. The lowest BCUT2D eigenvalue weighted by molar-refractivity contribution is 0.313. The van der Waals surface area contributed by atoms with E-state index in [-0.39, 0.29) is 11.7 Å². The SMILES string of the molecule is C[C@@]1(c2ccc(Cl)cc2Cl)O[C@@H]1c1ccccc1. The van der Waals surface area contributed by atoms with E-state index in [0.717, 1.165) is 5.56 Å². The average molecular weight is 279 g/mol. The minimum atomic E-state index is -0.344. The van der Waals surface area contributed by atoms with E-state index in [9.17, 15) is 0 Å². The molecule has 0 amide bonds. The van der Waals surface area contributed by atoms with Crippen molar-refractivity contribution in [1.82, 2.24) is 0 Å². The standard InChI is InChI=1S/C15H12Cl2O/c1-15(12-8-7-11(16)9-13(12)17)14(18-15)10-5-3-2-4-6-10/h2-9,14H,1H3/t14-,15+/m1/s1. The normalized spacial score (nSPS) is 26.1. The second kappa shape index (κ2) is 4.27. The van der Waals surface area contributed by atoms with Gasteiger partial charge in [-0.15, -0.1) is 0 Å². The fraction of sp³-hybridized carbons (Fsp3) is 0.200. The third-order valence-corrected chi connectivity index (χ3v) is 3.92. The molecule has 1 nitrogen and oxygen atoms in total. The largest absolute Gasteiger partial charge is 0.356 e. The van der Waals surface area contributed by atoms with E-state index < -0.39 is 0 Å². The van der Waals surface area contributed by atoms with Gasteiger partial charge < -0.3 is 4.74 Å². The van der Waals surface area contributed by atoms with Gasteiger partial charge in [0, 0.05) is 15.6 Å². The minimum Gasteiger partial charge on any atom is -0.356 e. The third kappa shape index (κ3) is 1.93. The van der Waals surface area contributed by atoms with Gasteiger partial charge in [-0.2, -0.15) is 0 Å². The second-order valence-corrected chi connectivity index (χ2v) is 5.48. The molecule has 3 rings (SSSR count). The van der Waals surface area contributed by atoms with Gasteiger partial charge in [0.15, 0.2) is 0 Å². The smallest absolute Gasteiger partial charge is 0.123 e. The quantitative estimate of drug-likeness (QED) is 0.706. The zero-order valence-corrected chi connectivity index (χ0v) is 11.4. The van der Waals surface area contributed by atoms with Crippen molar-refractivity contribution in [3.63, 3.8) is 0 Å². The maximum absolute atomic E-state index is 6.24. The molecule has 1 saturated heterocycles. The summed E-state index contributed by atoms with van der Waals surface area (Å²) in [6, 6.07) is 15.7. The van der Waals surface area contributed by atoms with Crippen LogP contribution in [0.5, 0.6) is 0 Å². The van der Waals surface area contributed by atoms with E-state index >= 15 is 0 Å². The van der Waals surface area contributed by atoms with Crippen LogP contribution in [0.4, 0.5) is 0 Å². The molecule has 0 spiro atoms. The van der Waals surface area contributed by atoms with Crippen LogP contribution in [0.25, 0.3) is 0 Å². The summed E-state index contributed by atoms with van der Waals surface area (Å²) in [4.78, 5) is 0. The molecule has 0 N–H and O–H groups in total. The van der Waals surface area contributed by atoms with Crippen molar-refractivity contribution in [3.05, 3.63) is 69.7 Å². The molecule has 0 saturated carbocycles. The molecule has 2 atom stereocenters. The van der Waals surface area contributed by atoms with Crippen LogP contribution in [0.3, 0.4) is 0 Å². The topological polar surface area (TPSA) is 12.5 Å². The molecule has 1 aliphatic heterocycles. The Bertz CT molecular complexity index is 582. The van der Waals surface area contributed by atoms with Crippen molar-refractivity contribution in [2.75, 3.05) is 0 Å². The molecule has 3 heteroatoms. The Morgan fingerprint density at radius 2 is 1.78 bits per heavy atom. The molecule has 2 aromatic rings. The molecule has 0 aromatic heterocycles. The van der Waals surface area contributed by atoms with Crippen LogP contribution in [-0.2, 0) is 10.3 Å². The van der Waals surface area contributed by atoms with Crippen LogP contribution in [0.1, 0.15) is 24.2 Å². The highest BCUT2D eigenvalue weighted by molar-refractivity contribution is 6.35. The number of halogens is 2. The van der Waals surface area contributed by atoms with Crippen LogP contribution in [0, 0.1) is 0 Å². The van der Waals surface area contributed by atoms with E-state index in [1.807, 2.05) is 30.3 Å². The molecule has 0 aliphatic carbocycles. The van der Waals surface area contributed by atoms with Gasteiger partial charge in [-0.1, -0.05) is 59.6 Å². The van der Waals surface area contributed by atoms with E-state index in [0.29, 0.717) is 10.0 Å². The summed E-state index contributed by atoms with van der Waals surface area (Å²) in [5.74, 6) is 0. The Hall–Kier alpha value is -1.02. The molecular weight excluding hydrogens is 267 g/mol. The van der Waals surface area contributed by atoms with Gasteiger partial charge in [0.2, 0.25) is 0 Å². The summed E-state index contributed by atoms with van der Waals surface area (Å²) in [5, 5.41) is 1.30. The lowest BCUT2D eigenvalue weighted by atomic mass is 9.93. The Balaban J connectivity index is 1.95. The summed E-state index contributed by atoms with van der Waals surface area (Å²) < 4.78 is 5.87. The van der Waals surface area contributed by atoms with Crippen LogP contribution in [0.15, 0.2) is 48.5 Å². The van der Waals surface area contributed by atoms with Gasteiger partial charge >= 0.3 is 0 Å². The lowest BCUT2D eigenvalue weighted by Crippen LogP contribution is -2.05. The first kappa shape index (κ1) is 12.0. The fourth-order valence-electron chi connectivity index (χ4n) is 2.32. The second-order valence-electron chi connectivity index (χ2n) is 4.64. The molecule has 1 fully saturated rings. The zero-order valence-electron chi connectivity index (χ0n) is 9.86. The molecule has 1 heterocycles. The lowest BCUT2D eigenvalue weighted by Gasteiger charge is -2.09. The van der Waals surface area contributed by atoms with E-state index in [1.54, 1.807) is 6.07 Å². The predicted molar refractivity (Wildman–Crippen MR) is 74.1 cm³/mol. The Morgan fingerprint density at radius 3 is 2.44 bits per heavy atom. The maximum atomic E-state index is 6.24. The van der Waals surface area contributed by atoms with Gasteiger partial charge in [-0.05, 0) is 24.6 Å². The summed E-state index contributed by atoms with van der Waals surface area (Å²) in [5.41, 5.74) is 1.82. The van der Waals surface area contributed by atoms with Crippen molar-refractivity contribution < 1.29 is 4.74 Å². The Labute approximate surface area is 116 Å². The van der Waals surface area contributed by atoms with Crippen LogP contribution in [-0.4, -0.2) is 0 Å². The van der Waals surface area contributed by atoms with Gasteiger partial charge in [-0.3, -0.25) is 0 Å². The highest BCUT2D eigenvalue weighted by Gasteiger charge is 2.55. The molecule has 1 aliphatic rings. The van der Waals surface area contributed by atoms with Crippen LogP contribution >= 0.6 is 23.2 Å².